The molecule has 0 radical (unpaired) electrons. The van der Waals surface area contributed by atoms with Crippen LogP contribution >= 0.6 is 0 Å². The molecule has 0 amide bonds. The van der Waals surface area contributed by atoms with Crippen LogP contribution in [-0.4, -0.2) is 30.1 Å². The molecule has 0 spiro atoms. The second kappa shape index (κ2) is 11.9. The molecule has 5 nitrogen and oxygen atoms in total. The van der Waals surface area contributed by atoms with Gasteiger partial charge in [-0.15, -0.1) is 0 Å². The molecule has 1 rings (SSSR count). The summed E-state index contributed by atoms with van der Waals surface area (Å²) < 4.78 is 9.82. The molecule has 5 heteroatoms. The minimum Gasteiger partial charge on any atom is -0.465 e. The highest BCUT2D eigenvalue weighted by Gasteiger charge is 2.28. The number of ether oxygens (including phenoxy) is 2. The molecule has 0 saturated carbocycles. The number of carbonyl (C=O) groups excluding carboxylic acids is 2. The number of pyridine rings is 1. The molecule has 118 valence electrons. The molecule has 0 saturated heterocycles. The van der Waals surface area contributed by atoms with E-state index in [-0.39, 0.29) is 13.2 Å². The fraction of sp³-hybridized carbons (Fsp3) is 0.562. The van der Waals surface area contributed by atoms with E-state index >= 15 is 0 Å². The topological polar surface area (TPSA) is 65.5 Å². The van der Waals surface area contributed by atoms with E-state index < -0.39 is 17.9 Å². The summed E-state index contributed by atoms with van der Waals surface area (Å²) in [4.78, 5) is 27.4. The number of hydrogen-bond acceptors (Lipinski definition) is 5. The van der Waals surface area contributed by atoms with Crippen LogP contribution in [0.2, 0.25) is 0 Å². The van der Waals surface area contributed by atoms with Gasteiger partial charge < -0.3 is 9.47 Å². The fourth-order valence-electron chi connectivity index (χ4n) is 1.68. The lowest BCUT2D eigenvalue weighted by Crippen LogP contribution is -2.28. The Hall–Kier alpha value is -1.91. The quantitative estimate of drug-likeness (QED) is 0.571. The number of hydrogen-bond donors (Lipinski definition) is 0. The van der Waals surface area contributed by atoms with Crippen LogP contribution in [0.25, 0.3) is 0 Å². The van der Waals surface area contributed by atoms with E-state index in [0.717, 1.165) is 5.56 Å². The first-order valence-electron chi connectivity index (χ1n) is 7.41. The zero-order chi connectivity index (χ0) is 16.1. The third kappa shape index (κ3) is 7.44. The van der Waals surface area contributed by atoms with Gasteiger partial charge in [-0.1, -0.05) is 13.8 Å². The van der Waals surface area contributed by atoms with Crippen LogP contribution in [0, 0.1) is 5.92 Å². The maximum atomic E-state index is 11.7. The van der Waals surface area contributed by atoms with E-state index in [1.807, 2.05) is 26.0 Å². The molecule has 0 aliphatic rings. The number of nitrogens with zero attached hydrogens (tertiary/aromatic N) is 1. The highest BCUT2D eigenvalue weighted by Crippen LogP contribution is 2.13. The van der Waals surface area contributed by atoms with Crippen molar-refractivity contribution in [3.05, 3.63) is 30.1 Å². The van der Waals surface area contributed by atoms with E-state index in [1.54, 1.807) is 26.2 Å². The summed E-state index contributed by atoms with van der Waals surface area (Å²) in [6.07, 6.45) is 4.34. The molecule has 0 bridgehead atoms. The highest BCUT2D eigenvalue weighted by molar-refractivity contribution is 5.94. The Bertz CT molecular complexity index is 388. The zero-order valence-corrected chi connectivity index (χ0v) is 13.3. The van der Waals surface area contributed by atoms with Gasteiger partial charge in [0, 0.05) is 12.4 Å². The number of aromatic nitrogens is 1. The molecule has 0 fully saturated rings. The van der Waals surface area contributed by atoms with Crippen molar-refractivity contribution in [1.29, 1.82) is 0 Å². The Morgan fingerprint density at radius 1 is 1.05 bits per heavy atom. The minimum atomic E-state index is -0.854. The van der Waals surface area contributed by atoms with Crippen molar-refractivity contribution < 1.29 is 19.1 Å². The van der Waals surface area contributed by atoms with Gasteiger partial charge in [0.1, 0.15) is 0 Å². The van der Waals surface area contributed by atoms with Crippen molar-refractivity contribution in [2.75, 3.05) is 13.2 Å². The SMILES string of the molecule is CC.CCOC(=O)C(CCc1ccncc1)C(=O)OCC. The summed E-state index contributed by atoms with van der Waals surface area (Å²) in [6, 6.07) is 3.71. The van der Waals surface area contributed by atoms with Crippen molar-refractivity contribution >= 4 is 11.9 Å². The smallest absolute Gasteiger partial charge is 0.320 e. The molecular weight excluding hydrogens is 270 g/mol. The maximum absolute atomic E-state index is 11.7. The molecule has 0 aromatic carbocycles. The fourth-order valence-corrected chi connectivity index (χ4v) is 1.68. The Morgan fingerprint density at radius 2 is 1.52 bits per heavy atom. The van der Waals surface area contributed by atoms with Crippen LogP contribution < -0.4 is 0 Å². The van der Waals surface area contributed by atoms with Gasteiger partial charge in [0.2, 0.25) is 0 Å². The minimum absolute atomic E-state index is 0.254. The van der Waals surface area contributed by atoms with Crippen LogP contribution in [0.3, 0.4) is 0 Å². The van der Waals surface area contributed by atoms with Gasteiger partial charge >= 0.3 is 11.9 Å². The summed E-state index contributed by atoms with van der Waals surface area (Å²) in [5.74, 6) is -1.89. The van der Waals surface area contributed by atoms with Crippen molar-refractivity contribution in [1.82, 2.24) is 4.98 Å². The van der Waals surface area contributed by atoms with E-state index in [9.17, 15) is 9.59 Å². The summed E-state index contributed by atoms with van der Waals surface area (Å²) >= 11 is 0. The largest absolute Gasteiger partial charge is 0.465 e. The first-order chi connectivity index (χ1) is 10.2. The van der Waals surface area contributed by atoms with Crippen LogP contribution in [0.5, 0.6) is 0 Å². The second-order valence-electron chi connectivity index (χ2n) is 3.95. The molecule has 0 unspecified atom stereocenters. The van der Waals surface area contributed by atoms with E-state index in [1.165, 1.54) is 0 Å². The lowest BCUT2D eigenvalue weighted by molar-refractivity contribution is -0.161. The van der Waals surface area contributed by atoms with Gasteiger partial charge in [0.05, 0.1) is 13.2 Å². The summed E-state index contributed by atoms with van der Waals surface area (Å²) in [6.45, 7) is 7.93. The molecule has 0 aliphatic carbocycles. The average Bonchev–Trinajstić information content (AvgIpc) is 2.51. The number of esters is 2. The van der Waals surface area contributed by atoms with Gasteiger partial charge in [-0.25, -0.2) is 0 Å². The first-order valence-corrected chi connectivity index (χ1v) is 7.41. The lowest BCUT2D eigenvalue weighted by atomic mass is 10.00. The normalized spacial score (nSPS) is 9.57. The highest BCUT2D eigenvalue weighted by atomic mass is 16.6. The van der Waals surface area contributed by atoms with Crippen molar-refractivity contribution in [3.8, 4) is 0 Å². The molecule has 0 atom stereocenters. The van der Waals surface area contributed by atoms with E-state index in [2.05, 4.69) is 4.98 Å². The number of aryl methyl sites for hydroxylation is 1. The molecule has 1 heterocycles. The van der Waals surface area contributed by atoms with Crippen LogP contribution in [-0.2, 0) is 25.5 Å². The zero-order valence-electron chi connectivity index (χ0n) is 13.3. The lowest BCUT2D eigenvalue weighted by Gasteiger charge is -2.14. The predicted molar refractivity (Wildman–Crippen MR) is 80.7 cm³/mol. The Labute approximate surface area is 126 Å². The summed E-state index contributed by atoms with van der Waals surface area (Å²) in [5.41, 5.74) is 1.02. The van der Waals surface area contributed by atoms with E-state index in [4.69, 9.17) is 9.47 Å². The Kier molecular flexibility index (Phi) is 10.8. The summed E-state index contributed by atoms with van der Waals surface area (Å²) in [5, 5.41) is 0. The van der Waals surface area contributed by atoms with Gasteiger partial charge in [-0.05, 0) is 44.4 Å². The standard InChI is InChI=1S/C14H19NO4.C2H6/c1-3-18-13(16)12(14(17)19-4-2)6-5-11-7-9-15-10-8-11;1-2/h7-10,12H,3-6H2,1-2H3;1-2H3. The number of carbonyl (C=O) groups is 2. The predicted octanol–water partition coefficient (Wildman–Crippen LogP) is 2.78. The van der Waals surface area contributed by atoms with Crippen molar-refractivity contribution in [3.63, 3.8) is 0 Å². The molecular formula is C16H25NO4. The van der Waals surface area contributed by atoms with Gasteiger partial charge in [0.15, 0.2) is 5.92 Å². The van der Waals surface area contributed by atoms with Crippen molar-refractivity contribution in [2.24, 2.45) is 5.92 Å². The van der Waals surface area contributed by atoms with Gasteiger partial charge in [0.25, 0.3) is 0 Å². The van der Waals surface area contributed by atoms with Crippen molar-refractivity contribution in [2.45, 2.75) is 40.5 Å². The summed E-state index contributed by atoms with van der Waals surface area (Å²) in [7, 11) is 0. The monoisotopic (exact) mass is 295 g/mol. The van der Waals surface area contributed by atoms with Gasteiger partial charge in [-0.3, -0.25) is 14.6 Å². The average molecular weight is 295 g/mol. The molecule has 21 heavy (non-hydrogen) atoms. The van der Waals surface area contributed by atoms with Crippen LogP contribution in [0.4, 0.5) is 0 Å². The maximum Gasteiger partial charge on any atom is 0.320 e. The molecule has 0 aliphatic heterocycles. The van der Waals surface area contributed by atoms with Crippen LogP contribution in [0.15, 0.2) is 24.5 Å². The molecule has 1 aromatic rings. The Morgan fingerprint density at radius 3 is 1.95 bits per heavy atom. The molecule has 0 N–H and O–H groups in total. The second-order valence-corrected chi connectivity index (χ2v) is 3.95. The molecule has 1 aromatic heterocycles. The Balaban J connectivity index is 0.00000191. The third-order valence-corrected chi connectivity index (χ3v) is 2.61. The van der Waals surface area contributed by atoms with E-state index in [0.29, 0.717) is 12.8 Å². The van der Waals surface area contributed by atoms with Crippen LogP contribution in [0.1, 0.15) is 39.7 Å². The first kappa shape index (κ1) is 19.1. The third-order valence-electron chi connectivity index (χ3n) is 2.61. The van der Waals surface area contributed by atoms with Gasteiger partial charge in [-0.2, -0.15) is 0 Å². The number of rotatable bonds is 7.